The summed E-state index contributed by atoms with van der Waals surface area (Å²) in [4.78, 5) is 9.39. The van der Waals surface area contributed by atoms with Gasteiger partial charge in [-0.1, -0.05) is 11.6 Å². The number of nitrogens with zero attached hydrogens (tertiary/aromatic N) is 2. The van der Waals surface area contributed by atoms with E-state index in [9.17, 15) is 0 Å². The molecule has 0 aliphatic heterocycles. The summed E-state index contributed by atoms with van der Waals surface area (Å²) >= 11 is 7.56. The molecule has 0 fully saturated rings. The van der Waals surface area contributed by atoms with Gasteiger partial charge in [0.25, 0.3) is 0 Å². The Bertz CT molecular complexity index is 710. The third-order valence-corrected chi connectivity index (χ3v) is 3.67. The zero-order valence-corrected chi connectivity index (χ0v) is 10.8. The topological polar surface area (TPSA) is 63.8 Å². The Morgan fingerprint density at radius 1 is 1.22 bits per heavy atom. The Kier molecular flexibility index (Phi) is 2.77. The van der Waals surface area contributed by atoms with Crippen molar-refractivity contribution >= 4 is 50.3 Å². The van der Waals surface area contributed by atoms with Gasteiger partial charge in [-0.05, 0) is 29.6 Å². The maximum absolute atomic E-state index is 5.98. The fourth-order valence-electron chi connectivity index (χ4n) is 1.63. The van der Waals surface area contributed by atoms with Gasteiger partial charge >= 0.3 is 0 Å². The van der Waals surface area contributed by atoms with Crippen molar-refractivity contribution in [3.8, 4) is 0 Å². The highest BCUT2D eigenvalue weighted by molar-refractivity contribution is 7.16. The number of hydrogen-bond donors (Lipinski definition) is 2. The smallest absolute Gasteiger partial charge is 0.142 e. The molecule has 0 aliphatic carbocycles. The Morgan fingerprint density at radius 2 is 2.11 bits per heavy atom. The molecule has 3 aromatic rings. The monoisotopic (exact) mass is 276 g/mol. The quantitative estimate of drug-likeness (QED) is 0.701. The minimum Gasteiger partial charge on any atom is -0.398 e. The molecule has 4 nitrogen and oxygen atoms in total. The van der Waals surface area contributed by atoms with E-state index in [2.05, 4.69) is 15.3 Å². The van der Waals surface area contributed by atoms with Crippen LogP contribution >= 0.6 is 22.9 Å². The van der Waals surface area contributed by atoms with E-state index in [0.717, 1.165) is 21.7 Å². The molecule has 0 saturated carbocycles. The van der Waals surface area contributed by atoms with E-state index in [1.807, 2.05) is 17.5 Å². The van der Waals surface area contributed by atoms with Crippen molar-refractivity contribution in [1.82, 2.24) is 9.97 Å². The first-order valence-corrected chi connectivity index (χ1v) is 6.50. The number of nitrogens with two attached hydrogens (primary N) is 1. The van der Waals surface area contributed by atoms with Gasteiger partial charge in [-0.15, -0.1) is 11.3 Å². The third kappa shape index (κ3) is 1.98. The molecule has 0 saturated heterocycles. The van der Waals surface area contributed by atoms with Crippen molar-refractivity contribution in [3.63, 3.8) is 0 Å². The lowest BCUT2D eigenvalue weighted by Gasteiger charge is -2.07. The Labute approximate surface area is 112 Å². The number of nitrogens with one attached hydrogen (secondary N) is 1. The largest absolute Gasteiger partial charge is 0.398 e. The zero-order valence-electron chi connectivity index (χ0n) is 9.22. The Morgan fingerprint density at radius 3 is 2.94 bits per heavy atom. The van der Waals surface area contributed by atoms with Gasteiger partial charge in [0, 0.05) is 5.69 Å². The van der Waals surface area contributed by atoms with Gasteiger partial charge in [0.1, 0.15) is 17.0 Å². The number of nitrogen functional groups attached to an aromatic ring is 1. The molecule has 0 spiro atoms. The highest BCUT2D eigenvalue weighted by Gasteiger charge is 2.05. The van der Waals surface area contributed by atoms with E-state index in [1.165, 1.54) is 0 Å². The molecule has 0 bridgehead atoms. The summed E-state index contributed by atoms with van der Waals surface area (Å²) in [7, 11) is 0. The molecule has 3 rings (SSSR count). The zero-order chi connectivity index (χ0) is 12.5. The number of anilines is 3. The van der Waals surface area contributed by atoms with E-state index in [4.69, 9.17) is 17.3 Å². The predicted octanol–water partition coefficient (Wildman–Crippen LogP) is 3.67. The van der Waals surface area contributed by atoms with Crippen molar-refractivity contribution in [3.05, 3.63) is 41.0 Å². The average Bonchev–Trinajstić information content (AvgIpc) is 2.83. The van der Waals surface area contributed by atoms with Crippen LogP contribution in [0.2, 0.25) is 5.02 Å². The SMILES string of the molecule is Nc1ccc(Nc2ncnc3sccc23)cc1Cl. The molecule has 2 heterocycles. The lowest BCUT2D eigenvalue weighted by Crippen LogP contribution is -1.95. The highest BCUT2D eigenvalue weighted by atomic mass is 35.5. The molecule has 1 aromatic carbocycles. The van der Waals surface area contributed by atoms with E-state index < -0.39 is 0 Å². The Hall–Kier alpha value is -1.85. The van der Waals surface area contributed by atoms with Crippen molar-refractivity contribution in [2.45, 2.75) is 0 Å². The normalized spacial score (nSPS) is 10.7. The highest BCUT2D eigenvalue weighted by Crippen LogP contribution is 2.28. The number of halogens is 1. The summed E-state index contributed by atoms with van der Waals surface area (Å²) in [6.45, 7) is 0. The summed E-state index contributed by atoms with van der Waals surface area (Å²) in [5, 5.41) is 6.72. The summed E-state index contributed by atoms with van der Waals surface area (Å²) in [6.07, 6.45) is 1.54. The van der Waals surface area contributed by atoms with Crippen LogP contribution in [0.4, 0.5) is 17.2 Å². The van der Waals surface area contributed by atoms with Crippen LogP contribution in [0.3, 0.4) is 0 Å². The average molecular weight is 277 g/mol. The number of benzene rings is 1. The molecule has 0 atom stereocenters. The van der Waals surface area contributed by atoms with Crippen LogP contribution in [0.25, 0.3) is 10.2 Å². The molecule has 90 valence electrons. The standard InChI is InChI=1S/C12H9ClN4S/c13-9-5-7(1-2-10(9)14)17-11-8-3-4-18-12(8)16-6-15-11/h1-6H,14H2,(H,15,16,17). The summed E-state index contributed by atoms with van der Waals surface area (Å²) in [6, 6.07) is 7.39. The van der Waals surface area contributed by atoms with Gasteiger partial charge in [-0.2, -0.15) is 0 Å². The second-order valence-electron chi connectivity index (χ2n) is 3.72. The minimum atomic E-state index is 0.524. The minimum absolute atomic E-state index is 0.524. The van der Waals surface area contributed by atoms with Crippen LogP contribution < -0.4 is 11.1 Å². The van der Waals surface area contributed by atoms with Gasteiger partial charge < -0.3 is 11.1 Å². The molecule has 3 N–H and O–H groups in total. The summed E-state index contributed by atoms with van der Waals surface area (Å²) in [5.41, 5.74) is 7.08. The second kappa shape index (κ2) is 4.44. The number of fused-ring (bicyclic) bond motifs is 1. The number of hydrogen-bond acceptors (Lipinski definition) is 5. The van der Waals surface area contributed by atoms with Crippen molar-refractivity contribution in [2.75, 3.05) is 11.1 Å². The van der Waals surface area contributed by atoms with Crippen molar-refractivity contribution in [2.24, 2.45) is 0 Å². The Balaban J connectivity index is 2.01. The van der Waals surface area contributed by atoms with E-state index in [0.29, 0.717) is 10.7 Å². The number of thiophene rings is 1. The fourth-order valence-corrected chi connectivity index (χ4v) is 2.54. The first kappa shape index (κ1) is 11.3. The number of aromatic nitrogens is 2. The van der Waals surface area contributed by atoms with Crippen LogP contribution in [0, 0.1) is 0 Å². The lowest BCUT2D eigenvalue weighted by molar-refractivity contribution is 1.23. The molecule has 0 unspecified atom stereocenters. The molecule has 0 radical (unpaired) electrons. The maximum Gasteiger partial charge on any atom is 0.142 e. The van der Waals surface area contributed by atoms with Gasteiger partial charge in [0.05, 0.1) is 16.1 Å². The van der Waals surface area contributed by atoms with Crippen LogP contribution in [-0.4, -0.2) is 9.97 Å². The third-order valence-electron chi connectivity index (χ3n) is 2.52. The van der Waals surface area contributed by atoms with E-state index in [1.54, 1.807) is 29.8 Å². The van der Waals surface area contributed by atoms with Crippen molar-refractivity contribution in [1.29, 1.82) is 0 Å². The van der Waals surface area contributed by atoms with Gasteiger partial charge in [-0.3, -0.25) is 0 Å². The molecule has 0 amide bonds. The molecule has 0 aliphatic rings. The molecule has 2 aromatic heterocycles. The maximum atomic E-state index is 5.98. The molecule has 18 heavy (non-hydrogen) atoms. The predicted molar refractivity (Wildman–Crippen MR) is 76.6 cm³/mol. The lowest BCUT2D eigenvalue weighted by atomic mass is 10.2. The summed E-state index contributed by atoms with van der Waals surface area (Å²) in [5.74, 6) is 0.766. The van der Waals surface area contributed by atoms with E-state index in [-0.39, 0.29) is 0 Å². The summed E-state index contributed by atoms with van der Waals surface area (Å²) < 4.78 is 0. The molecular formula is C12H9ClN4S. The van der Waals surface area contributed by atoms with Crippen LogP contribution in [-0.2, 0) is 0 Å². The van der Waals surface area contributed by atoms with Crippen LogP contribution in [0.5, 0.6) is 0 Å². The van der Waals surface area contributed by atoms with Gasteiger partial charge in [0.2, 0.25) is 0 Å². The molecule has 6 heteroatoms. The second-order valence-corrected chi connectivity index (χ2v) is 5.02. The van der Waals surface area contributed by atoms with E-state index >= 15 is 0 Å². The first-order valence-electron chi connectivity index (χ1n) is 5.24. The van der Waals surface area contributed by atoms with Crippen LogP contribution in [0.15, 0.2) is 36.0 Å². The molecular weight excluding hydrogens is 268 g/mol. The van der Waals surface area contributed by atoms with Crippen LogP contribution in [0.1, 0.15) is 0 Å². The number of rotatable bonds is 2. The van der Waals surface area contributed by atoms with Crippen molar-refractivity contribution < 1.29 is 0 Å². The fraction of sp³-hybridized carbons (Fsp3) is 0. The van der Waals surface area contributed by atoms with Gasteiger partial charge in [0.15, 0.2) is 0 Å². The first-order chi connectivity index (χ1) is 8.74. The van der Waals surface area contributed by atoms with Gasteiger partial charge in [-0.25, -0.2) is 9.97 Å².